The zero-order valence-corrected chi connectivity index (χ0v) is 15.5. The molecular weight excluding hydrogens is 376 g/mol. The van der Waals surface area contributed by atoms with Crippen molar-refractivity contribution in [2.45, 2.75) is 37.9 Å². The highest BCUT2D eigenvalue weighted by Crippen LogP contribution is 2.34. The number of benzene rings is 2. The summed E-state index contributed by atoms with van der Waals surface area (Å²) < 4.78 is 1.16. The zero-order valence-electron chi connectivity index (χ0n) is 12.4. The van der Waals surface area contributed by atoms with Gasteiger partial charge in [0.05, 0.1) is 4.83 Å². The van der Waals surface area contributed by atoms with Crippen LogP contribution in [0.2, 0.25) is 0 Å². The summed E-state index contributed by atoms with van der Waals surface area (Å²) in [5, 5.41) is 0. The summed E-state index contributed by atoms with van der Waals surface area (Å²) in [7, 11) is 0. The van der Waals surface area contributed by atoms with Crippen molar-refractivity contribution in [3.05, 3.63) is 69.2 Å². The molecule has 1 unspecified atom stereocenters. The van der Waals surface area contributed by atoms with E-state index in [1.54, 1.807) is 0 Å². The van der Waals surface area contributed by atoms with Gasteiger partial charge in [0.1, 0.15) is 0 Å². The van der Waals surface area contributed by atoms with Crippen LogP contribution in [0.4, 0.5) is 0 Å². The first-order valence-electron chi connectivity index (χ1n) is 6.79. The van der Waals surface area contributed by atoms with E-state index in [0.717, 1.165) is 4.47 Å². The van der Waals surface area contributed by atoms with Crippen molar-refractivity contribution in [1.82, 2.24) is 0 Å². The third-order valence-corrected chi connectivity index (χ3v) is 5.49. The van der Waals surface area contributed by atoms with E-state index < -0.39 is 0 Å². The predicted molar refractivity (Wildman–Crippen MR) is 94.8 cm³/mol. The molecule has 2 rings (SSSR count). The van der Waals surface area contributed by atoms with Gasteiger partial charge in [-0.3, -0.25) is 0 Å². The van der Waals surface area contributed by atoms with E-state index in [9.17, 15) is 0 Å². The molecule has 0 aliphatic carbocycles. The van der Waals surface area contributed by atoms with E-state index in [1.165, 1.54) is 22.3 Å². The van der Waals surface area contributed by atoms with Crippen molar-refractivity contribution in [2.24, 2.45) is 0 Å². The Morgan fingerprint density at radius 3 is 1.95 bits per heavy atom. The highest BCUT2D eigenvalue weighted by atomic mass is 79.9. The Balaban J connectivity index is 2.29. The third kappa shape index (κ3) is 3.53. The van der Waals surface area contributed by atoms with Gasteiger partial charge in [-0.2, -0.15) is 0 Å². The van der Waals surface area contributed by atoms with Crippen molar-refractivity contribution in [3.63, 3.8) is 0 Å². The summed E-state index contributed by atoms with van der Waals surface area (Å²) in [4.78, 5) is 0.239. The maximum Gasteiger partial charge on any atom is 0.0644 e. The van der Waals surface area contributed by atoms with E-state index in [4.69, 9.17) is 0 Å². The lowest BCUT2D eigenvalue weighted by Gasteiger charge is -2.20. The summed E-state index contributed by atoms with van der Waals surface area (Å²) in [6, 6.07) is 15.4. The fraction of sp³-hybridized carbons (Fsp3) is 0.333. The molecule has 0 aliphatic heterocycles. The molecule has 0 aliphatic rings. The van der Waals surface area contributed by atoms with Crippen LogP contribution in [-0.2, 0) is 5.41 Å². The minimum atomic E-state index is 0.203. The van der Waals surface area contributed by atoms with E-state index >= 15 is 0 Å². The Hall–Kier alpha value is -0.600. The molecule has 0 heterocycles. The highest BCUT2D eigenvalue weighted by molar-refractivity contribution is 9.10. The lowest BCUT2D eigenvalue weighted by molar-refractivity contribution is 0.590. The maximum atomic E-state index is 3.81. The van der Waals surface area contributed by atoms with Crippen LogP contribution < -0.4 is 0 Å². The maximum absolute atomic E-state index is 3.81. The predicted octanol–water partition coefficient (Wildman–Crippen LogP) is 6.54. The largest absolute Gasteiger partial charge is 0.0786 e. The normalized spacial score (nSPS) is 13.3. The Bertz CT molecular complexity index is 592. The van der Waals surface area contributed by atoms with Crippen LogP contribution in [0, 0.1) is 6.92 Å². The second-order valence-electron chi connectivity index (χ2n) is 6.24. The van der Waals surface area contributed by atoms with E-state index in [-0.39, 0.29) is 10.2 Å². The van der Waals surface area contributed by atoms with Gasteiger partial charge in [-0.25, -0.2) is 0 Å². The molecule has 2 heteroatoms. The van der Waals surface area contributed by atoms with Crippen LogP contribution >= 0.6 is 31.9 Å². The molecule has 0 radical (unpaired) electrons. The van der Waals surface area contributed by atoms with Gasteiger partial charge in [0.25, 0.3) is 0 Å². The molecule has 0 fully saturated rings. The standard InChI is InChI=1S/C18H20Br2/c1-12-11-14(7-10-16(12)19)17(20)13-5-8-15(9-6-13)18(2,3)4/h5-11,17H,1-4H3. The molecule has 0 amide bonds. The number of rotatable bonds is 2. The topological polar surface area (TPSA) is 0 Å². The van der Waals surface area contributed by atoms with Gasteiger partial charge in [-0.05, 0) is 40.7 Å². The quantitative estimate of drug-likeness (QED) is 0.506. The van der Waals surface area contributed by atoms with E-state index in [1.807, 2.05) is 0 Å². The van der Waals surface area contributed by atoms with Gasteiger partial charge >= 0.3 is 0 Å². The van der Waals surface area contributed by atoms with Crippen LogP contribution in [0.25, 0.3) is 0 Å². The van der Waals surface area contributed by atoms with Crippen LogP contribution in [0.15, 0.2) is 46.9 Å². The first-order chi connectivity index (χ1) is 9.29. The molecule has 0 N–H and O–H groups in total. The molecule has 106 valence electrons. The summed E-state index contributed by atoms with van der Waals surface area (Å²) in [5.41, 5.74) is 5.41. The first-order valence-corrected chi connectivity index (χ1v) is 8.50. The average molecular weight is 396 g/mol. The number of hydrogen-bond donors (Lipinski definition) is 0. The lowest BCUT2D eigenvalue weighted by atomic mass is 9.86. The minimum absolute atomic E-state index is 0.203. The van der Waals surface area contributed by atoms with E-state index in [0.29, 0.717) is 0 Å². The van der Waals surface area contributed by atoms with Gasteiger partial charge in [-0.1, -0.05) is 89.0 Å². The van der Waals surface area contributed by atoms with Crippen molar-refractivity contribution < 1.29 is 0 Å². The van der Waals surface area contributed by atoms with Crippen molar-refractivity contribution in [3.8, 4) is 0 Å². The molecule has 2 aromatic rings. The second-order valence-corrected chi connectivity index (χ2v) is 8.01. The molecule has 1 atom stereocenters. The molecule has 0 saturated heterocycles. The van der Waals surface area contributed by atoms with Crippen molar-refractivity contribution >= 4 is 31.9 Å². The SMILES string of the molecule is Cc1cc(C(Br)c2ccc(C(C)(C)C)cc2)ccc1Br. The fourth-order valence-electron chi connectivity index (χ4n) is 2.17. The molecule has 0 saturated carbocycles. The molecule has 0 spiro atoms. The second kappa shape index (κ2) is 6.03. The van der Waals surface area contributed by atoms with Crippen LogP contribution in [0.5, 0.6) is 0 Å². The Morgan fingerprint density at radius 1 is 0.900 bits per heavy atom. The Labute approximate surface area is 138 Å². The molecule has 2 aromatic carbocycles. The zero-order chi connectivity index (χ0) is 14.9. The van der Waals surface area contributed by atoms with Crippen LogP contribution in [0.1, 0.15) is 47.9 Å². The number of aryl methyl sites for hydroxylation is 1. The van der Waals surface area contributed by atoms with Gasteiger partial charge < -0.3 is 0 Å². The lowest BCUT2D eigenvalue weighted by Crippen LogP contribution is -2.10. The minimum Gasteiger partial charge on any atom is -0.0786 e. The molecular formula is C18H20Br2. The molecule has 0 aromatic heterocycles. The fourth-order valence-corrected chi connectivity index (χ4v) is 3.01. The van der Waals surface area contributed by atoms with Gasteiger partial charge in [0, 0.05) is 4.47 Å². The Kier molecular flexibility index (Phi) is 4.76. The third-order valence-electron chi connectivity index (χ3n) is 3.54. The smallest absolute Gasteiger partial charge is 0.0644 e. The monoisotopic (exact) mass is 394 g/mol. The molecule has 20 heavy (non-hydrogen) atoms. The summed E-state index contributed by atoms with van der Waals surface area (Å²) in [6.07, 6.45) is 0. The first kappa shape index (κ1) is 15.8. The van der Waals surface area contributed by atoms with Gasteiger partial charge in [0.2, 0.25) is 0 Å². The van der Waals surface area contributed by atoms with Crippen LogP contribution in [0.3, 0.4) is 0 Å². The molecule has 0 nitrogen and oxygen atoms in total. The van der Waals surface area contributed by atoms with Crippen LogP contribution in [-0.4, -0.2) is 0 Å². The van der Waals surface area contributed by atoms with Gasteiger partial charge in [-0.15, -0.1) is 0 Å². The van der Waals surface area contributed by atoms with Crippen molar-refractivity contribution in [2.75, 3.05) is 0 Å². The van der Waals surface area contributed by atoms with Crippen molar-refractivity contribution in [1.29, 1.82) is 0 Å². The summed E-state index contributed by atoms with van der Waals surface area (Å²) >= 11 is 7.36. The molecule has 0 bridgehead atoms. The Morgan fingerprint density at radius 2 is 1.45 bits per heavy atom. The number of halogens is 2. The van der Waals surface area contributed by atoms with Gasteiger partial charge in [0.15, 0.2) is 0 Å². The average Bonchev–Trinajstić information content (AvgIpc) is 2.40. The number of hydrogen-bond acceptors (Lipinski definition) is 0. The highest BCUT2D eigenvalue weighted by Gasteiger charge is 2.15. The summed E-state index contributed by atoms with van der Waals surface area (Å²) in [6.45, 7) is 8.85. The summed E-state index contributed by atoms with van der Waals surface area (Å²) in [5.74, 6) is 0. The van der Waals surface area contributed by atoms with E-state index in [2.05, 4.69) is 102 Å². The number of alkyl halides is 1.